The molecule has 0 bridgehead atoms. The summed E-state index contributed by atoms with van der Waals surface area (Å²) in [6, 6.07) is 7.55. The first-order valence-corrected chi connectivity index (χ1v) is 9.51. The topological polar surface area (TPSA) is 72.7 Å². The van der Waals surface area contributed by atoms with E-state index in [1.165, 1.54) is 23.9 Å². The summed E-state index contributed by atoms with van der Waals surface area (Å²) in [5.41, 5.74) is 1.27. The first kappa shape index (κ1) is 19.3. The van der Waals surface area contributed by atoms with Gasteiger partial charge in [0.15, 0.2) is 11.0 Å². The van der Waals surface area contributed by atoms with Gasteiger partial charge in [0.2, 0.25) is 5.91 Å². The van der Waals surface area contributed by atoms with Gasteiger partial charge in [-0.05, 0) is 44.2 Å². The summed E-state index contributed by atoms with van der Waals surface area (Å²) in [7, 11) is 0. The molecular weight excluding hydrogens is 389 g/mol. The van der Waals surface area contributed by atoms with Gasteiger partial charge in [-0.1, -0.05) is 23.4 Å². The first-order valence-electron chi connectivity index (χ1n) is 8.25. The van der Waals surface area contributed by atoms with Crippen LogP contribution in [0.1, 0.15) is 13.8 Å². The number of halogens is 2. The molecule has 0 radical (unpaired) electrons. The van der Waals surface area contributed by atoms with E-state index in [4.69, 9.17) is 11.6 Å². The summed E-state index contributed by atoms with van der Waals surface area (Å²) in [6.07, 6.45) is 3.39. The third kappa shape index (κ3) is 4.45. The van der Waals surface area contributed by atoms with Gasteiger partial charge in [0.05, 0.1) is 16.0 Å². The number of anilines is 1. The minimum Gasteiger partial charge on any atom is -0.324 e. The summed E-state index contributed by atoms with van der Waals surface area (Å²) in [5, 5.41) is 11.5. The Kier molecular flexibility index (Phi) is 6.08. The Morgan fingerprint density at radius 3 is 2.70 bits per heavy atom. The van der Waals surface area contributed by atoms with E-state index in [0.29, 0.717) is 17.4 Å². The van der Waals surface area contributed by atoms with Crippen molar-refractivity contribution in [3.8, 4) is 11.4 Å². The minimum atomic E-state index is -0.458. The highest BCUT2D eigenvalue weighted by atomic mass is 35.5. The van der Waals surface area contributed by atoms with Crippen molar-refractivity contribution in [1.29, 1.82) is 0 Å². The van der Waals surface area contributed by atoms with Crippen LogP contribution >= 0.6 is 23.4 Å². The summed E-state index contributed by atoms with van der Waals surface area (Å²) in [5.74, 6) is 0.00122. The number of thioether (sulfide) groups is 1. The van der Waals surface area contributed by atoms with Crippen molar-refractivity contribution < 1.29 is 9.18 Å². The second kappa shape index (κ2) is 8.49. The maximum absolute atomic E-state index is 13.1. The molecule has 9 heteroatoms. The maximum Gasteiger partial charge on any atom is 0.237 e. The van der Waals surface area contributed by atoms with E-state index in [2.05, 4.69) is 20.5 Å². The van der Waals surface area contributed by atoms with Crippen molar-refractivity contribution in [3.63, 3.8) is 0 Å². The van der Waals surface area contributed by atoms with Crippen LogP contribution in [-0.4, -0.2) is 30.9 Å². The molecular formula is C18H17ClFN5OS. The standard InChI is InChI=1S/C18H17ClFN5OS/c1-3-25-16(12-6-8-21-9-7-12)23-24-18(25)27-11(2)17(26)22-15-5-4-13(20)10-14(15)19/h4-11H,3H2,1-2H3,(H,22,26)/t11-/m0/s1. The van der Waals surface area contributed by atoms with Crippen LogP contribution in [0.2, 0.25) is 5.02 Å². The van der Waals surface area contributed by atoms with Crippen molar-refractivity contribution >= 4 is 35.0 Å². The van der Waals surface area contributed by atoms with Gasteiger partial charge in [0.1, 0.15) is 5.82 Å². The minimum absolute atomic E-state index is 0.150. The summed E-state index contributed by atoms with van der Waals surface area (Å²) >= 11 is 7.26. The SMILES string of the molecule is CCn1c(S[C@@H](C)C(=O)Nc2ccc(F)cc2Cl)nnc1-c1ccncc1. The lowest BCUT2D eigenvalue weighted by atomic mass is 10.2. The van der Waals surface area contributed by atoms with Gasteiger partial charge < -0.3 is 9.88 Å². The Balaban J connectivity index is 1.75. The van der Waals surface area contributed by atoms with E-state index in [1.54, 1.807) is 19.3 Å². The zero-order valence-corrected chi connectivity index (χ0v) is 16.3. The second-order valence-corrected chi connectivity index (χ2v) is 7.37. The van der Waals surface area contributed by atoms with Crippen molar-refractivity contribution in [2.75, 3.05) is 5.32 Å². The van der Waals surface area contributed by atoms with Crippen LogP contribution in [0.4, 0.5) is 10.1 Å². The average Bonchev–Trinajstić information content (AvgIpc) is 3.07. The lowest BCUT2D eigenvalue weighted by Gasteiger charge is -2.13. The molecule has 2 heterocycles. The predicted octanol–water partition coefficient (Wildman–Crippen LogP) is 4.27. The number of amides is 1. The van der Waals surface area contributed by atoms with Gasteiger partial charge >= 0.3 is 0 Å². The normalized spacial score (nSPS) is 12.0. The molecule has 0 saturated heterocycles. The van der Waals surface area contributed by atoms with Gasteiger partial charge in [0.25, 0.3) is 0 Å². The third-order valence-corrected chi connectivity index (χ3v) is 5.21. The van der Waals surface area contributed by atoms with Gasteiger partial charge in [0, 0.05) is 24.5 Å². The number of nitrogens with zero attached hydrogens (tertiary/aromatic N) is 4. The predicted molar refractivity (Wildman–Crippen MR) is 104 cm³/mol. The van der Waals surface area contributed by atoms with Gasteiger partial charge in [-0.2, -0.15) is 0 Å². The number of benzene rings is 1. The molecule has 3 rings (SSSR count). The molecule has 1 aromatic carbocycles. The van der Waals surface area contributed by atoms with Crippen molar-refractivity contribution in [2.24, 2.45) is 0 Å². The number of nitrogens with one attached hydrogen (secondary N) is 1. The number of carbonyl (C=O) groups excluding carboxylic acids is 1. The molecule has 0 aliphatic carbocycles. The van der Waals surface area contributed by atoms with Crippen molar-refractivity contribution in [2.45, 2.75) is 30.8 Å². The molecule has 3 aromatic rings. The molecule has 0 aliphatic heterocycles. The van der Waals surface area contributed by atoms with E-state index in [9.17, 15) is 9.18 Å². The van der Waals surface area contributed by atoms with E-state index in [-0.39, 0.29) is 10.9 Å². The zero-order chi connectivity index (χ0) is 19.4. The fourth-order valence-electron chi connectivity index (χ4n) is 2.41. The van der Waals surface area contributed by atoms with E-state index in [1.807, 2.05) is 23.6 Å². The van der Waals surface area contributed by atoms with E-state index in [0.717, 1.165) is 17.5 Å². The molecule has 0 fully saturated rings. The van der Waals surface area contributed by atoms with Crippen LogP contribution in [0, 0.1) is 5.82 Å². The quantitative estimate of drug-likeness (QED) is 0.620. The highest BCUT2D eigenvalue weighted by molar-refractivity contribution is 8.00. The largest absolute Gasteiger partial charge is 0.324 e. The highest BCUT2D eigenvalue weighted by Crippen LogP contribution is 2.28. The van der Waals surface area contributed by atoms with Crippen LogP contribution in [0.25, 0.3) is 11.4 Å². The van der Waals surface area contributed by atoms with Gasteiger partial charge in [-0.25, -0.2) is 4.39 Å². The molecule has 2 aromatic heterocycles. The lowest BCUT2D eigenvalue weighted by molar-refractivity contribution is -0.115. The fraction of sp³-hybridized carbons (Fsp3) is 0.222. The van der Waals surface area contributed by atoms with Crippen LogP contribution in [0.15, 0.2) is 47.9 Å². The smallest absolute Gasteiger partial charge is 0.237 e. The number of rotatable bonds is 6. The van der Waals surface area contributed by atoms with Crippen molar-refractivity contribution in [3.05, 3.63) is 53.6 Å². The Labute approximate surface area is 165 Å². The Morgan fingerprint density at radius 2 is 2.04 bits per heavy atom. The summed E-state index contributed by atoms with van der Waals surface area (Å²) in [4.78, 5) is 16.5. The van der Waals surface area contributed by atoms with Crippen molar-refractivity contribution in [1.82, 2.24) is 19.7 Å². The lowest BCUT2D eigenvalue weighted by Crippen LogP contribution is -2.23. The fourth-order valence-corrected chi connectivity index (χ4v) is 3.54. The Bertz CT molecular complexity index is 950. The molecule has 0 aliphatic rings. The molecule has 1 atom stereocenters. The van der Waals surface area contributed by atoms with Gasteiger partial charge in [-0.3, -0.25) is 9.78 Å². The Hall–Kier alpha value is -2.45. The maximum atomic E-state index is 13.1. The molecule has 0 saturated carbocycles. The molecule has 0 spiro atoms. The molecule has 6 nitrogen and oxygen atoms in total. The number of pyridine rings is 1. The molecule has 1 N–H and O–H groups in total. The first-order chi connectivity index (χ1) is 13.0. The zero-order valence-electron chi connectivity index (χ0n) is 14.7. The van der Waals surface area contributed by atoms with E-state index < -0.39 is 11.1 Å². The van der Waals surface area contributed by atoms with Gasteiger partial charge in [-0.15, -0.1) is 10.2 Å². The molecule has 140 valence electrons. The molecule has 0 unspecified atom stereocenters. The third-order valence-electron chi connectivity index (χ3n) is 3.81. The number of aromatic nitrogens is 4. The van der Waals surface area contributed by atoms with Crippen LogP contribution < -0.4 is 5.32 Å². The summed E-state index contributed by atoms with van der Waals surface area (Å²) < 4.78 is 15.1. The second-order valence-electron chi connectivity index (χ2n) is 5.66. The molecule has 27 heavy (non-hydrogen) atoms. The van der Waals surface area contributed by atoms with Crippen LogP contribution in [0.3, 0.4) is 0 Å². The van der Waals surface area contributed by atoms with Crippen LogP contribution in [-0.2, 0) is 11.3 Å². The van der Waals surface area contributed by atoms with Crippen LogP contribution in [0.5, 0.6) is 0 Å². The number of hydrogen-bond acceptors (Lipinski definition) is 5. The molecule has 1 amide bonds. The number of carbonyl (C=O) groups is 1. The van der Waals surface area contributed by atoms with E-state index >= 15 is 0 Å². The summed E-state index contributed by atoms with van der Waals surface area (Å²) in [6.45, 7) is 4.41. The monoisotopic (exact) mass is 405 g/mol. The average molecular weight is 406 g/mol. The Morgan fingerprint density at radius 1 is 1.30 bits per heavy atom. The highest BCUT2D eigenvalue weighted by Gasteiger charge is 2.21. The number of hydrogen-bond donors (Lipinski definition) is 1.